The molecule has 0 bridgehead atoms. The van der Waals surface area contributed by atoms with Crippen molar-refractivity contribution in [2.75, 3.05) is 5.32 Å². The molecular formula is C22H25N3O3. The molecule has 0 saturated heterocycles. The van der Waals surface area contributed by atoms with Gasteiger partial charge in [0.25, 0.3) is 5.91 Å². The van der Waals surface area contributed by atoms with E-state index in [1.807, 2.05) is 24.3 Å². The summed E-state index contributed by atoms with van der Waals surface area (Å²) >= 11 is 0. The average molecular weight is 379 g/mol. The van der Waals surface area contributed by atoms with Crippen LogP contribution in [-0.4, -0.2) is 22.6 Å². The summed E-state index contributed by atoms with van der Waals surface area (Å²) in [7, 11) is 0. The molecule has 6 nitrogen and oxygen atoms in total. The number of benzene rings is 2. The lowest BCUT2D eigenvalue weighted by Gasteiger charge is -2.20. The Balaban J connectivity index is 1.65. The van der Waals surface area contributed by atoms with E-state index in [0.29, 0.717) is 5.71 Å². The predicted octanol–water partition coefficient (Wildman–Crippen LogP) is 4.07. The Morgan fingerprint density at radius 2 is 1.79 bits per heavy atom. The first-order valence-electron chi connectivity index (χ1n) is 9.58. The van der Waals surface area contributed by atoms with Crippen molar-refractivity contribution in [2.45, 2.75) is 39.0 Å². The zero-order chi connectivity index (χ0) is 19.9. The van der Waals surface area contributed by atoms with E-state index in [2.05, 4.69) is 15.8 Å². The summed E-state index contributed by atoms with van der Waals surface area (Å²) in [4.78, 5) is 24.6. The highest BCUT2D eigenvalue weighted by molar-refractivity contribution is 6.02. The second kappa shape index (κ2) is 9.17. The molecular weight excluding hydrogens is 354 g/mol. The van der Waals surface area contributed by atoms with Crippen molar-refractivity contribution in [3.63, 3.8) is 0 Å². The lowest BCUT2D eigenvalue weighted by Crippen LogP contribution is -2.24. The van der Waals surface area contributed by atoms with Crippen LogP contribution in [0.3, 0.4) is 0 Å². The van der Waals surface area contributed by atoms with Gasteiger partial charge in [0, 0.05) is 11.6 Å². The number of para-hydroxylation sites is 1. The van der Waals surface area contributed by atoms with Crippen LogP contribution in [0.15, 0.2) is 53.6 Å². The number of phenolic OH excluding ortho intramolecular Hbond substituents is 1. The minimum absolute atomic E-state index is 0.0688. The average Bonchev–Trinajstić information content (AvgIpc) is 2.73. The van der Waals surface area contributed by atoms with Crippen LogP contribution in [0.4, 0.5) is 5.69 Å². The van der Waals surface area contributed by atoms with Gasteiger partial charge in [0.1, 0.15) is 5.75 Å². The number of nitrogens with one attached hydrogen (secondary N) is 2. The number of nitrogens with zero attached hydrogens (tertiary/aromatic N) is 1. The van der Waals surface area contributed by atoms with Crippen molar-refractivity contribution in [3.8, 4) is 5.75 Å². The topological polar surface area (TPSA) is 90.8 Å². The Kier molecular flexibility index (Phi) is 6.42. The second-order valence-electron chi connectivity index (χ2n) is 7.06. The smallest absolute Gasteiger partial charge is 0.275 e. The molecule has 0 radical (unpaired) electrons. The van der Waals surface area contributed by atoms with Gasteiger partial charge in [-0.2, -0.15) is 5.10 Å². The molecule has 0 heterocycles. The van der Waals surface area contributed by atoms with Crippen LogP contribution < -0.4 is 10.7 Å². The van der Waals surface area contributed by atoms with Crippen molar-refractivity contribution < 1.29 is 14.7 Å². The molecule has 1 saturated carbocycles. The van der Waals surface area contributed by atoms with Crippen LogP contribution in [0.2, 0.25) is 0 Å². The summed E-state index contributed by atoms with van der Waals surface area (Å²) in [6, 6.07) is 13.7. The number of phenols is 1. The van der Waals surface area contributed by atoms with Gasteiger partial charge >= 0.3 is 0 Å². The summed E-state index contributed by atoms with van der Waals surface area (Å²) in [5.41, 5.74) is 4.71. The second-order valence-corrected chi connectivity index (χ2v) is 7.06. The van der Waals surface area contributed by atoms with Crippen LogP contribution in [0.1, 0.15) is 54.9 Å². The number of carbonyl (C=O) groups excluding carboxylic acids is 2. The maximum absolute atomic E-state index is 12.4. The third kappa shape index (κ3) is 4.97. The molecule has 0 aliphatic heterocycles. The van der Waals surface area contributed by atoms with E-state index in [4.69, 9.17) is 0 Å². The third-order valence-electron chi connectivity index (χ3n) is 5.00. The maximum atomic E-state index is 12.4. The molecule has 146 valence electrons. The highest BCUT2D eigenvalue weighted by Crippen LogP contribution is 2.25. The quantitative estimate of drug-likeness (QED) is 0.540. The van der Waals surface area contributed by atoms with Gasteiger partial charge < -0.3 is 10.4 Å². The lowest BCUT2D eigenvalue weighted by molar-refractivity contribution is -0.120. The molecule has 1 aliphatic rings. The molecule has 28 heavy (non-hydrogen) atoms. The Morgan fingerprint density at radius 1 is 1.04 bits per heavy atom. The summed E-state index contributed by atoms with van der Waals surface area (Å²) in [6.45, 7) is 1.77. The molecule has 1 aliphatic carbocycles. The van der Waals surface area contributed by atoms with Crippen molar-refractivity contribution >= 4 is 23.2 Å². The van der Waals surface area contributed by atoms with Crippen molar-refractivity contribution in [1.29, 1.82) is 0 Å². The highest BCUT2D eigenvalue weighted by Gasteiger charge is 2.21. The molecule has 0 aromatic heterocycles. The number of hydrogen-bond donors (Lipinski definition) is 3. The minimum atomic E-state index is -0.487. The minimum Gasteiger partial charge on any atom is -0.507 e. The third-order valence-corrected chi connectivity index (χ3v) is 5.00. The molecule has 0 atom stereocenters. The van der Waals surface area contributed by atoms with Crippen LogP contribution in [0.5, 0.6) is 5.75 Å². The first-order valence-corrected chi connectivity index (χ1v) is 9.58. The van der Waals surface area contributed by atoms with Crippen molar-refractivity contribution in [1.82, 2.24) is 5.43 Å². The van der Waals surface area contributed by atoms with Crippen LogP contribution in [-0.2, 0) is 4.79 Å². The van der Waals surface area contributed by atoms with Gasteiger partial charge in [-0.25, -0.2) is 5.43 Å². The van der Waals surface area contributed by atoms with E-state index in [9.17, 15) is 14.7 Å². The summed E-state index contributed by atoms with van der Waals surface area (Å²) < 4.78 is 0. The number of carbonyl (C=O) groups is 2. The molecule has 2 aromatic rings. The molecule has 3 rings (SSSR count). The predicted molar refractivity (Wildman–Crippen MR) is 109 cm³/mol. The number of rotatable bonds is 5. The molecule has 2 amide bonds. The molecule has 1 fully saturated rings. The Hall–Kier alpha value is -3.15. The Labute approximate surface area is 164 Å². The van der Waals surface area contributed by atoms with E-state index < -0.39 is 5.91 Å². The van der Waals surface area contributed by atoms with E-state index in [-0.39, 0.29) is 23.1 Å². The molecule has 0 spiro atoms. The van der Waals surface area contributed by atoms with Gasteiger partial charge in [-0.15, -0.1) is 0 Å². The van der Waals surface area contributed by atoms with Crippen LogP contribution in [0, 0.1) is 5.92 Å². The summed E-state index contributed by atoms with van der Waals surface area (Å²) in [5.74, 6) is -0.427. The largest absolute Gasteiger partial charge is 0.507 e. The van der Waals surface area contributed by atoms with Gasteiger partial charge in [-0.3, -0.25) is 9.59 Å². The van der Waals surface area contributed by atoms with Gasteiger partial charge in [0.2, 0.25) is 5.91 Å². The van der Waals surface area contributed by atoms with Gasteiger partial charge in [0.15, 0.2) is 0 Å². The Morgan fingerprint density at radius 3 is 2.54 bits per heavy atom. The number of anilines is 1. The van der Waals surface area contributed by atoms with E-state index >= 15 is 0 Å². The standard InChI is InChI=1S/C22H25N3O3/c1-15(24-25-22(28)19-12-5-6-13-20(19)26)17-10-7-11-18(14-17)23-21(27)16-8-3-2-4-9-16/h5-7,10-14,16,26H,2-4,8-9H2,1H3,(H,23,27)(H,25,28). The van der Waals surface area contributed by atoms with Gasteiger partial charge in [-0.1, -0.05) is 43.5 Å². The van der Waals surface area contributed by atoms with Crippen LogP contribution in [0.25, 0.3) is 0 Å². The fourth-order valence-corrected chi connectivity index (χ4v) is 3.36. The van der Waals surface area contributed by atoms with Gasteiger partial charge in [0.05, 0.1) is 11.3 Å². The van der Waals surface area contributed by atoms with Crippen molar-refractivity contribution in [2.24, 2.45) is 11.0 Å². The van der Waals surface area contributed by atoms with Crippen LogP contribution >= 0.6 is 0 Å². The number of hydrogen-bond acceptors (Lipinski definition) is 4. The van der Waals surface area contributed by atoms with Gasteiger partial charge in [-0.05, 0) is 49.6 Å². The highest BCUT2D eigenvalue weighted by atomic mass is 16.3. The zero-order valence-electron chi connectivity index (χ0n) is 15.9. The summed E-state index contributed by atoms with van der Waals surface area (Å²) in [5, 5.41) is 16.8. The Bertz CT molecular complexity index is 886. The maximum Gasteiger partial charge on any atom is 0.275 e. The van der Waals surface area contributed by atoms with E-state index in [0.717, 1.165) is 36.9 Å². The fraction of sp³-hybridized carbons (Fsp3) is 0.318. The fourth-order valence-electron chi connectivity index (χ4n) is 3.36. The number of aromatic hydroxyl groups is 1. The monoisotopic (exact) mass is 379 g/mol. The van der Waals surface area contributed by atoms with Crippen molar-refractivity contribution in [3.05, 3.63) is 59.7 Å². The number of amides is 2. The normalized spacial score (nSPS) is 15.1. The summed E-state index contributed by atoms with van der Waals surface area (Å²) in [6.07, 6.45) is 5.33. The lowest BCUT2D eigenvalue weighted by atomic mass is 9.88. The molecule has 0 unspecified atom stereocenters. The first kappa shape index (κ1) is 19.6. The van der Waals surface area contributed by atoms with E-state index in [1.165, 1.54) is 18.6 Å². The SMILES string of the molecule is CC(=NNC(=O)c1ccccc1O)c1cccc(NC(=O)C2CCCCC2)c1. The first-order chi connectivity index (χ1) is 13.5. The zero-order valence-corrected chi connectivity index (χ0v) is 15.9. The van der Waals surface area contributed by atoms with E-state index in [1.54, 1.807) is 19.1 Å². The molecule has 2 aromatic carbocycles. The molecule has 6 heteroatoms. The molecule has 3 N–H and O–H groups in total. The number of hydrazone groups is 1.